The van der Waals surface area contributed by atoms with E-state index >= 15 is 0 Å². The molecule has 102 valence electrons. The van der Waals surface area contributed by atoms with Crippen LogP contribution >= 0.6 is 12.4 Å². The molecule has 0 unspecified atom stereocenters. The number of β-amino-alcohol motifs (C(OH)–C–C–N with tert-alkyl or cyclic N) is 1. The van der Waals surface area contributed by atoms with E-state index in [4.69, 9.17) is 5.11 Å². The van der Waals surface area contributed by atoms with Crippen molar-refractivity contribution in [2.75, 3.05) is 13.1 Å². The van der Waals surface area contributed by atoms with Crippen LogP contribution in [0.2, 0.25) is 0 Å². The van der Waals surface area contributed by atoms with Gasteiger partial charge in [0, 0.05) is 13.1 Å². The van der Waals surface area contributed by atoms with Crippen molar-refractivity contribution < 1.29 is 5.11 Å². The number of benzene rings is 2. The number of halogens is 1. The Morgan fingerprint density at radius 3 is 1.47 bits per heavy atom. The first-order valence-corrected chi connectivity index (χ1v) is 6.31. The Hall–Kier alpha value is -1.35. The Balaban J connectivity index is 0.000000256. The van der Waals surface area contributed by atoms with Crippen molar-refractivity contribution in [1.29, 1.82) is 0 Å². The van der Waals surface area contributed by atoms with Crippen molar-refractivity contribution >= 4 is 12.4 Å². The topological polar surface area (TPSA) is 32.3 Å². The SMILES string of the molecule is Cl.OC1CNC1.c1ccc(Cc2ccccc2)cc1. The lowest BCUT2D eigenvalue weighted by Gasteiger charge is -2.20. The smallest absolute Gasteiger partial charge is 0.0788 e. The molecule has 1 saturated heterocycles. The predicted molar refractivity (Wildman–Crippen MR) is 81.8 cm³/mol. The second-order valence-electron chi connectivity index (χ2n) is 4.46. The van der Waals surface area contributed by atoms with Gasteiger partial charge in [-0.05, 0) is 17.5 Å². The predicted octanol–water partition coefficient (Wildman–Crippen LogP) is 2.65. The van der Waals surface area contributed by atoms with Crippen LogP contribution in [0.25, 0.3) is 0 Å². The summed E-state index contributed by atoms with van der Waals surface area (Å²) in [6.45, 7) is 1.58. The van der Waals surface area contributed by atoms with Gasteiger partial charge in [-0.15, -0.1) is 12.4 Å². The summed E-state index contributed by atoms with van der Waals surface area (Å²) in [5.41, 5.74) is 2.74. The maximum atomic E-state index is 8.39. The highest BCUT2D eigenvalue weighted by Crippen LogP contribution is 2.07. The van der Waals surface area contributed by atoms with E-state index in [9.17, 15) is 0 Å². The van der Waals surface area contributed by atoms with E-state index in [2.05, 4.69) is 66.0 Å². The lowest BCUT2D eigenvalue weighted by molar-refractivity contribution is 0.117. The lowest BCUT2D eigenvalue weighted by Crippen LogP contribution is -2.46. The molecule has 0 bridgehead atoms. The molecule has 0 radical (unpaired) electrons. The van der Waals surface area contributed by atoms with Crippen LogP contribution in [-0.4, -0.2) is 24.3 Å². The molecule has 0 atom stereocenters. The van der Waals surface area contributed by atoms with Gasteiger partial charge in [-0.1, -0.05) is 60.7 Å². The summed E-state index contributed by atoms with van der Waals surface area (Å²) >= 11 is 0. The van der Waals surface area contributed by atoms with Gasteiger partial charge < -0.3 is 10.4 Å². The molecule has 0 spiro atoms. The molecule has 0 saturated carbocycles. The van der Waals surface area contributed by atoms with E-state index in [0.29, 0.717) is 0 Å². The first kappa shape index (κ1) is 15.7. The van der Waals surface area contributed by atoms with Crippen molar-refractivity contribution in [3.05, 3.63) is 71.8 Å². The maximum absolute atomic E-state index is 8.39. The van der Waals surface area contributed by atoms with Crippen molar-refractivity contribution in [3.63, 3.8) is 0 Å². The monoisotopic (exact) mass is 277 g/mol. The van der Waals surface area contributed by atoms with Crippen LogP contribution in [0.15, 0.2) is 60.7 Å². The second-order valence-corrected chi connectivity index (χ2v) is 4.46. The number of rotatable bonds is 2. The van der Waals surface area contributed by atoms with Crippen molar-refractivity contribution in [3.8, 4) is 0 Å². The maximum Gasteiger partial charge on any atom is 0.0788 e. The molecule has 2 nitrogen and oxygen atoms in total. The minimum absolute atomic E-state index is 0. The molecule has 3 rings (SSSR count). The lowest BCUT2D eigenvalue weighted by atomic mass is 10.1. The highest BCUT2D eigenvalue weighted by Gasteiger charge is 2.10. The fraction of sp³-hybridized carbons (Fsp3) is 0.250. The second kappa shape index (κ2) is 8.70. The van der Waals surface area contributed by atoms with Crippen LogP contribution in [0.4, 0.5) is 0 Å². The molecule has 0 amide bonds. The zero-order valence-electron chi connectivity index (χ0n) is 10.8. The van der Waals surface area contributed by atoms with Gasteiger partial charge in [-0.25, -0.2) is 0 Å². The molecule has 3 heteroatoms. The summed E-state index contributed by atoms with van der Waals surface area (Å²) < 4.78 is 0. The van der Waals surface area contributed by atoms with Crippen molar-refractivity contribution in [2.45, 2.75) is 12.5 Å². The van der Waals surface area contributed by atoms with Gasteiger partial charge in [0.2, 0.25) is 0 Å². The number of hydrogen-bond donors (Lipinski definition) is 2. The molecule has 2 N–H and O–H groups in total. The third-order valence-corrected chi connectivity index (χ3v) is 2.85. The fourth-order valence-electron chi connectivity index (χ4n) is 1.70. The van der Waals surface area contributed by atoms with E-state index < -0.39 is 0 Å². The average Bonchev–Trinajstić information content (AvgIpc) is 2.40. The number of hydrogen-bond acceptors (Lipinski definition) is 2. The molecule has 2 aromatic rings. The highest BCUT2D eigenvalue weighted by atomic mass is 35.5. The molecule has 1 heterocycles. The summed E-state index contributed by atoms with van der Waals surface area (Å²) in [7, 11) is 0. The van der Waals surface area contributed by atoms with Gasteiger partial charge >= 0.3 is 0 Å². The van der Waals surface area contributed by atoms with Gasteiger partial charge in [0.25, 0.3) is 0 Å². The van der Waals surface area contributed by atoms with Gasteiger partial charge in [0.1, 0.15) is 0 Å². The first-order valence-electron chi connectivity index (χ1n) is 6.31. The average molecular weight is 278 g/mol. The minimum atomic E-state index is -0.0463. The van der Waals surface area contributed by atoms with E-state index in [1.807, 2.05) is 0 Å². The quantitative estimate of drug-likeness (QED) is 0.885. The van der Waals surface area contributed by atoms with E-state index in [1.165, 1.54) is 11.1 Å². The Bertz CT molecular complexity index is 405. The van der Waals surface area contributed by atoms with Crippen LogP contribution < -0.4 is 5.32 Å². The van der Waals surface area contributed by atoms with Crippen LogP contribution in [0.3, 0.4) is 0 Å². The summed E-state index contributed by atoms with van der Waals surface area (Å²) in [4.78, 5) is 0. The van der Waals surface area contributed by atoms with Crippen LogP contribution in [-0.2, 0) is 6.42 Å². The molecule has 1 aliphatic heterocycles. The zero-order chi connectivity index (χ0) is 12.6. The van der Waals surface area contributed by atoms with Gasteiger partial charge in [-0.2, -0.15) is 0 Å². The molecule has 0 aromatic heterocycles. The molecule has 0 aliphatic carbocycles. The van der Waals surface area contributed by atoms with E-state index in [-0.39, 0.29) is 18.5 Å². The number of aliphatic hydroxyl groups is 1. The molecule has 1 fully saturated rings. The Morgan fingerprint density at radius 2 is 1.21 bits per heavy atom. The first-order chi connectivity index (χ1) is 8.84. The van der Waals surface area contributed by atoms with Crippen molar-refractivity contribution in [2.24, 2.45) is 0 Å². The van der Waals surface area contributed by atoms with Gasteiger partial charge in [-0.3, -0.25) is 0 Å². The molecular formula is C16H20ClNO. The standard InChI is InChI=1S/C13H12.C3H7NO.ClH/c1-3-7-12(8-4-1)11-13-9-5-2-6-10-13;5-3-1-4-2-3;/h1-10H,11H2;3-5H,1-2H2;1H. The van der Waals surface area contributed by atoms with Gasteiger partial charge in [0.05, 0.1) is 6.10 Å². The minimum Gasteiger partial charge on any atom is -0.390 e. The molecule has 19 heavy (non-hydrogen) atoms. The largest absolute Gasteiger partial charge is 0.390 e. The zero-order valence-corrected chi connectivity index (χ0v) is 11.6. The van der Waals surface area contributed by atoms with E-state index in [0.717, 1.165) is 19.5 Å². The van der Waals surface area contributed by atoms with E-state index in [1.54, 1.807) is 0 Å². The van der Waals surface area contributed by atoms with Crippen LogP contribution in [0.5, 0.6) is 0 Å². The Morgan fingerprint density at radius 1 is 0.842 bits per heavy atom. The summed E-state index contributed by atoms with van der Waals surface area (Å²) in [6, 6.07) is 21.1. The van der Waals surface area contributed by atoms with Crippen molar-refractivity contribution in [1.82, 2.24) is 5.32 Å². The molecular weight excluding hydrogens is 258 g/mol. The number of aliphatic hydroxyl groups excluding tert-OH is 1. The molecule has 2 aromatic carbocycles. The molecule has 1 aliphatic rings. The van der Waals surface area contributed by atoms with Gasteiger partial charge in [0.15, 0.2) is 0 Å². The Labute approximate surface area is 120 Å². The summed E-state index contributed by atoms with van der Waals surface area (Å²) in [5, 5.41) is 11.3. The summed E-state index contributed by atoms with van der Waals surface area (Å²) in [5.74, 6) is 0. The third-order valence-electron chi connectivity index (χ3n) is 2.85. The third kappa shape index (κ3) is 5.88. The van der Waals surface area contributed by atoms with Crippen LogP contribution in [0, 0.1) is 0 Å². The number of nitrogens with one attached hydrogen (secondary N) is 1. The fourth-order valence-corrected chi connectivity index (χ4v) is 1.70. The summed E-state index contributed by atoms with van der Waals surface area (Å²) in [6.07, 6.45) is 0.983. The highest BCUT2D eigenvalue weighted by molar-refractivity contribution is 5.85. The Kier molecular flexibility index (Phi) is 7.19. The van der Waals surface area contributed by atoms with Crippen LogP contribution in [0.1, 0.15) is 11.1 Å². The normalized spacial score (nSPS) is 13.5.